The molecule has 1 aromatic heterocycles. The van der Waals surface area contributed by atoms with Crippen LogP contribution in [0.4, 0.5) is 0 Å². The number of halogens is 1. The summed E-state index contributed by atoms with van der Waals surface area (Å²) in [5.41, 5.74) is 6.96. The molecule has 0 saturated heterocycles. The van der Waals surface area contributed by atoms with Crippen LogP contribution < -0.4 is 10.5 Å². The van der Waals surface area contributed by atoms with Crippen molar-refractivity contribution < 1.29 is 9.53 Å². The number of para-hydroxylation sites is 1. The van der Waals surface area contributed by atoms with Crippen LogP contribution in [0.1, 0.15) is 21.7 Å². The predicted octanol–water partition coefficient (Wildman–Crippen LogP) is 2.64. The lowest BCUT2D eigenvalue weighted by Crippen LogP contribution is -2.12. The highest BCUT2D eigenvalue weighted by atomic mass is 35.5. The Hall–Kier alpha value is -2.14. The summed E-state index contributed by atoms with van der Waals surface area (Å²) in [5.74, 6) is -0.128. The Morgan fingerprint density at radius 2 is 1.84 bits per heavy atom. The number of benzene rings is 1. The molecular formula is C13H12ClN3O2. The maximum Gasteiger partial charge on any atom is 0.257 e. The van der Waals surface area contributed by atoms with E-state index in [4.69, 9.17) is 22.1 Å². The van der Waals surface area contributed by atoms with Gasteiger partial charge in [0.1, 0.15) is 5.75 Å². The van der Waals surface area contributed by atoms with E-state index in [1.165, 1.54) is 0 Å². The molecule has 1 amide bonds. The molecule has 1 aromatic carbocycles. The van der Waals surface area contributed by atoms with Crippen molar-refractivity contribution in [3.63, 3.8) is 0 Å². The highest BCUT2D eigenvalue weighted by molar-refractivity contribution is 6.30. The zero-order valence-electron chi connectivity index (χ0n) is 10.5. The van der Waals surface area contributed by atoms with E-state index in [2.05, 4.69) is 9.97 Å². The molecule has 0 spiro atoms. The lowest BCUT2D eigenvalue weighted by molar-refractivity contribution is 0.0998. The smallest absolute Gasteiger partial charge is 0.257 e. The van der Waals surface area contributed by atoms with Crippen LogP contribution in [0.2, 0.25) is 5.15 Å². The third-order valence-corrected chi connectivity index (χ3v) is 2.84. The molecule has 19 heavy (non-hydrogen) atoms. The number of nitrogens with zero attached hydrogens (tertiary/aromatic N) is 2. The van der Waals surface area contributed by atoms with E-state index in [0.717, 1.165) is 5.69 Å². The number of hydrogen-bond donors (Lipinski definition) is 1. The summed E-state index contributed by atoms with van der Waals surface area (Å²) in [4.78, 5) is 19.6. The summed E-state index contributed by atoms with van der Waals surface area (Å²) in [6.07, 6.45) is 0. The molecule has 0 aliphatic rings. The van der Waals surface area contributed by atoms with Gasteiger partial charge in [0.25, 0.3) is 11.8 Å². The number of carbonyl (C=O) groups excluding carboxylic acids is 1. The van der Waals surface area contributed by atoms with Crippen LogP contribution in [0.5, 0.6) is 11.6 Å². The van der Waals surface area contributed by atoms with Crippen molar-refractivity contribution in [3.05, 3.63) is 46.4 Å². The lowest BCUT2D eigenvalue weighted by atomic mass is 10.2. The summed E-state index contributed by atoms with van der Waals surface area (Å²) in [7, 11) is 0. The van der Waals surface area contributed by atoms with Gasteiger partial charge in [0.05, 0.1) is 17.0 Å². The Bertz CT molecular complexity index is 644. The Balaban J connectivity index is 2.42. The van der Waals surface area contributed by atoms with Crippen LogP contribution in [0.3, 0.4) is 0 Å². The van der Waals surface area contributed by atoms with E-state index in [-0.39, 0.29) is 16.6 Å². The molecule has 0 aliphatic heterocycles. The highest BCUT2D eigenvalue weighted by Crippen LogP contribution is 2.28. The molecule has 2 aromatic rings. The number of carbonyl (C=O) groups is 1. The summed E-state index contributed by atoms with van der Waals surface area (Å²) in [5, 5.41) is 0.141. The Morgan fingerprint density at radius 1 is 1.21 bits per heavy atom. The second kappa shape index (κ2) is 5.24. The first-order chi connectivity index (χ1) is 8.99. The fourth-order valence-electron chi connectivity index (χ4n) is 1.48. The molecule has 0 fully saturated rings. The van der Waals surface area contributed by atoms with Crippen molar-refractivity contribution in [3.8, 4) is 11.6 Å². The van der Waals surface area contributed by atoms with Crippen molar-refractivity contribution in [2.75, 3.05) is 0 Å². The van der Waals surface area contributed by atoms with E-state index in [1.807, 2.05) is 0 Å². The van der Waals surface area contributed by atoms with Crippen molar-refractivity contribution in [1.82, 2.24) is 9.97 Å². The predicted molar refractivity (Wildman–Crippen MR) is 71.5 cm³/mol. The fourth-order valence-corrected chi connectivity index (χ4v) is 1.69. The van der Waals surface area contributed by atoms with Gasteiger partial charge in [0.2, 0.25) is 0 Å². The zero-order chi connectivity index (χ0) is 14.0. The van der Waals surface area contributed by atoms with E-state index in [9.17, 15) is 4.79 Å². The van der Waals surface area contributed by atoms with Crippen molar-refractivity contribution in [2.24, 2.45) is 5.73 Å². The Morgan fingerprint density at radius 3 is 2.53 bits per heavy atom. The van der Waals surface area contributed by atoms with Crippen molar-refractivity contribution in [2.45, 2.75) is 13.8 Å². The van der Waals surface area contributed by atoms with Gasteiger partial charge in [-0.05, 0) is 26.0 Å². The van der Waals surface area contributed by atoms with Crippen LogP contribution in [0.15, 0.2) is 24.3 Å². The molecule has 5 nitrogen and oxygen atoms in total. The van der Waals surface area contributed by atoms with Gasteiger partial charge >= 0.3 is 0 Å². The standard InChI is InChI=1S/C13H12ClN3O2/c1-7-8(2)17-13(11(14)16-7)19-10-6-4-3-5-9(10)12(15)18/h3-6H,1-2H3,(H2,15,18). The second-order valence-corrected chi connectivity index (χ2v) is 4.31. The van der Waals surface area contributed by atoms with Gasteiger partial charge in [-0.3, -0.25) is 4.79 Å². The molecule has 0 saturated carbocycles. The molecular weight excluding hydrogens is 266 g/mol. The number of aromatic nitrogens is 2. The van der Waals surface area contributed by atoms with Crippen LogP contribution in [-0.2, 0) is 0 Å². The molecule has 0 radical (unpaired) electrons. The third-order valence-electron chi connectivity index (χ3n) is 2.59. The first-order valence-corrected chi connectivity index (χ1v) is 5.94. The van der Waals surface area contributed by atoms with Crippen LogP contribution in [0, 0.1) is 13.8 Å². The number of primary amides is 1. The van der Waals surface area contributed by atoms with Gasteiger partial charge in [-0.25, -0.2) is 9.97 Å². The number of rotatable bonds is 3. The van der Waals surface area contributed by atoms with Gasteiger partial charge in [-0.1, -0.05) is 23.7 Å². The molecule has 0 atom stereocenters. The molecule has 0 bridgehead atoms. The quantitative estimate of drug-likeness (QED) is 0.935. The molecule has 2 rings (SSSR count). The van der Waals surface area contributed by atoms with Gasteiger partial charge in [0.15, 0.2) is 5.15 Å². The van der Waals surface area contributed by atoms with Crippen molar-refractivity contribution >= 4 is 17.5 Å². The first-order valence-electron chi connectivity index (χ1n) is 5.56. The minimum Gasteiger partial charge on any atom is -0.436 e. The number of aryl methyl sites for hydroxylation is 2. The molecule has 2 N–H and O–H groups in total. The van der Waals surface area contributed by atoms with Crippen LogP contribution in [-0.4, -0.2) is 15.9 Å². The van der Waals surface area contributed by atoms with Gasteiger partial charge in [0, 0.05) is 0 Å². The molecule has 6 heteroatoms. The average Bonchev–Trinajstić information content (AvgIpc) is 2.36. The number of nitrogens with two attached hydrogens (primary N) is 1. The number of ether oxygens (including phenoxy) is 1. The van der Waals surface area contributed by atoms with Gasteiger partial charge < -0.3 is 10.5 Å². The maximum atomic E-state index is 11.3. The van der Waals surface area contributed by atoms with Crippen LogP contribution >= 0.6 is 11.6 Å². The van der Waals surface area contributed by atoms with Gasteiger partial charge in [-0.15, -0.1) is 0 Å². The molecule has 98 valence electrons. The van der Waals surface area contributed by atoms with Gasteiger partial charge in [-0.2, -0.15) is 0 Å². The fraction of sp³-hybridized carbons (Fsp3) is 0.154. The average molecular weight is 278 g/mol. The Labute approximate surface area is 115 Å². The largest absolute Gasteiger partial charge is 0.436 e. The first kappa shape index (κ1) is 13.3. The summed E-state index contributed by atoms with van der Waals surface area (Å²) in [6, 6.07) is 6.61. The highest BCUT2D eigenvalue weighted by Gasteiger charge is 2.14. The number of amides is 1. The zero-order valence-corrected chi connectivity index (χ0v) is 11.2. The van der Waals surface area contributed by atoms with E-state index in [1.54, 1.807) is 38.1 Å². The SMILES string of the molecule is Cc1nc(Cl)c(Oc2ccccc2C(N)=O)nc1C. The minimum atomic E-state index is -0.580. The Kier molecular flexibility index (Phi) is 3.66. The van der Waals surface area contributed by atoms with E-state index in [0.29, 0.717) is 11.4 Å². The number of hydrogen-bond acceptors (Lipinski definition) is 4. The maximum absolute atomic E-state index is 11.3. The summed E-state index contributed by atoms with van der Waals surface area (Å²) in [6.45, 7) is 3.60. The summed E-state index contributed by atoms with van der Waals surface area (Å²) >= 11 is 5.97. The van der Waals surface area contributed by atoms with E-state index < -0.39 is 5.91 Å². The summed E-state index contributed by atoms with van der Waals surface area (Å²) < 4.78 is 5.53. The topological polar surface area (TPSA) is 78.1 Å². The monoisotopic (exact) mass is 277 g/mol. The minimum absolute atomic E-state index is 0.141. The second-order valence-electron chi connectivity index (χ2n) is 3.95. The van der Waals surface area contributed by atoms with Crippen LogP contribution in [0.25, 0.3) is 0 Å². The van der Waals surface area contributed by atoms with Crippen molar-refractivity contribution in [1.29, 1.82) is 0 Å². The molecule has 1 heterocycles. The lowest BCUT2D eigenvalue weighted by Gasteiger charge is -2.10. The third kappa shape index (κ3) is 2.82. The normalized spacial score (nSPS) is 10.3. The molecule has 0 unspecified atom stereocenters. The van der Waals surface area contributed by atoms with E-state index >= 15 is 0 Å². The molecule has 0 aliphatic carbocycles.